The van der Waals surface area contributed by atoms with Crippen LogP contribution in [-0.2, 0) is 0 Å². The largest absolute Gasteiger partial charge is 0.479 e. The van der Waals surface area contributed by atoms with E-state index in [2.05, 4.69) is 20.6 Å². The maximum Gasteiger partial charge on any atom is 0.242 e. The molecule has 0 radical (unpaired) electrons. The third-order valence-corrected chi connectivity index (χ3v) is 3.86. The predicted molar refractivity (Wildman–Crippen MR) is 66.5 cm³/mol. The Morgan fingerprint density at radius 2 is 2.06 bits per heavy atom. The molecule has 5 nitrogen and oxygen atoms in total. The van der Waals surface area contributed by atoms with Crippen molar-refractivity contribution in [3.63, 3.8) is 0 Å². The van der Waals surface area contributed by atoms with E-state index < -0.39 is 0 Å². The van der Waals surface area contributed by atoms with Gasteiger partial charge in [-0.2, -0.15) is 4.98 Å². The molecule has 1 aromatic heterocycles. The van der Waals surface area contributed by atoms with Crippen LogP contribution in [0.4, 0.5) is 11.5 Å². The van der Waals surface area contributed by atoms with Gasteiger partial charge in [0.15, 0.2) is 5.82 Å². The van der Waals surface area contributed by atoms with Crippen LogP contribution in [0.5, 0.6) is 5.88 Å². The lowest BCUT2D eigenvalue weighted by atomic mass is 9.93. The van der Waals surface area contributed by atoms with Gasteiger partial charge >= 0.3 is 0 Å². The van der Waals surface area contributed by atoms with Gasteiger partial charge in [-0.05, 0) is 19.3 Å². The van der Waals surface area contributed by atoms with Crippen LogP contribution in [0.1, 0.15) is 32.1 Å². The van der Waals surface area contributed by atoms with Crippen molar-refractivity contribution >= 4 is 11.5 Å². The summed E-state index contributed by atoms with van der Waals surface area (Å²) in [5.74, 6) is 1.51. The topological polar surface area (TPSA) is 59.1 Å². The summed E-state index contributed by atoms with van der Waals surface area (Å²) in [7, 11) is 1.64. The van der Waals surface area contributed by atoms with Crippen LogP contribution in [0.2, 0.25) is 0 Å². The fourth-order valence-electron chi connectivity index (χ4n) is 2.95. The number of nitrogens with one attached hydrogen (secondary N) is 2. The molecule has 0 bridgehead atoms. The molecule has 3 rings (SSSR count). The van der Waals surface area contributed by atoms with Gasteiger partial charge in [-0.25, -0.2) is 4.98 Å². The molecular formula is C12H18N4O. The second-order valence-corrected chi connectivity index (χ2v) is 4.90. The smallest absolute Gasteiger partial charge is 0.242 e. The van der Waals surface area contributed by atoms with Crippen molar-refractivity contribution in [2.75, 3.05) is 24.3 Å². The Morgan fingerprint density at radius 1 is 1.24 bits per heavy atom. The molecule has 0 aromatic carbocycles. The van der Waals surface area contributed by atoms with Crippen LogP contribution >= 0.6 is 0 Å². The zero-order chi connectivity index (χ0) is 11.7. The number of rotatable bonds is 1. The van der Waals surface area contributed by atoms with Gasteiger partial charge in [0, 0.05) is 12.1 Å². The Labute approximate surface area is 101 Å². The molecule has 1 saturated carbocycles. The summed E-state index contributed by atoms with van der Waals surface area (Å²) in [6, 6.07) is 0. The maximum absolute atomic E-state index is 5.27. The van der Waals surface area contributed by atoms with E-state index in [-0.39, 0.29) is 5.54 Å². The lowest BCUT2D eigenvalue weighted by Crippen LogP contribution is -2.35. The molecule has 2 aliphatic rings. The maximum atomic E-state index is 5.27. The van der Waals surface area contributed by atoms with Crippen LogP contribution in [0.15, 0.2) is 6.33 Å². The number of hydrogen-bond acceptors (Lipinski definition) is 5. The predicted octanol–water partition coefficient (Wildman–Crippen LogP) is 2.03. The first kappa shape index (κ1) is 10.6. The van der Waals surface area contributed by atoms with E-state index in [9.17, 15) is 0 Å². The highest BCUT2D eigenvalue weighted by Crippen LogP contribution is 2.40. The van der Waals surface area contributed by atoms with Crippen molar-refractivity contribution in [1.29, 1.82) is 0 Å². The second kappa shape index (κ2) is 4.05. The van der Waals surface area contributed by atoms with Gasteiger partial charge in [0.05, 0.1) is 7.11 Å². The zero-order valence-electron chi connectivity index (χ0n) is 10.1. The van der Waals surface area contributed by atoms with Crippen molar-refractivity contribution in [2.24, 2.45) is 0 Å². The summed E-state index contributed by atoms with van der Waals surface area (Å²) in [4.78, 5) is 8.47. The van der Waals surface area contributed by atoms with E-state index in [1.54, 1.807) is 13.4 Å². The van der Waals surface area contributed by atoms with E-state index in [1.165, 1.54) is 25.7 Å². The van der Waals surface area contributed by atoms with Gasteiger partial charge < -0.3 is 15.4 Å². The molecule has 0 unspecified atom stereocenters. The Hall–Kier alpha value is -1.52. The zero-order valence-corrected chi connectivity index (χ0v) is 10.1. The lowest BCUT2D eigenvalue weighted by molar-refractivity contribution is 0.399. The molecule has 2 N–H and O–H groups in total. The molecule has 17 heavy (non-hydrogen) atoms. The first-order valence-corrected chi connectivity index (χ1v) is 6.24. The van der Waals surface area contributed by atoms with Crippen LogP contribution in [-0.4, -0.2) is 29.2 Å². The fourth-order valence-corrected chi connectivity index (χ4v) is 2.95. The summed E-state index contributed by atoms with van der Waals surface area (Å²) in [6.45, 7) is 0.948. The van der Waals surface area contributed by atoms with Gasteiger partial charge in [0.2, 0.25) is 5.88 Å². The van der Waals surface area contributed by atoms with Crippen LogP contribution in [0, 0.1) is 0 Å². The van der Waals surface area contributed by atoms with Gasteiger partial charge in [-0.3, -0.25) is 0 Å². The van der Waals surface area contributed by atoms with Crippen molar-refractivity contribution in [3.05, 3.63) is 6.33 Å². The monoisotopic (exact) mass is 234 g/mol. The minimum Gasteiger partial charge on any atom is -0.479 e. The van der Waals surface area contributed by atoms with Crippen LogP contribution in [0.3, 0.4) is 0 Å². The molecule has 1 aliphatic carbocycles. The van der Waals surface area contributed by atoms with Crippen LogP contribution < -0.4 is 15.4 Å². The molecule has 1 spiro atoms. The Bertz CT molecular complexity index is 415. The molecule has 0 saturated heterocycles. The van der Waals surface area contributed by atoms with Gasteiger partial charge in [0.25, 0.3) is 0 Å². The molecule has 2 heterocycles. The van der Waals surface area contributed by atoms with Gasteiger partial charge in [-0.1, -0.05) is 12.8 Å². The average Bonchev–Trinajstić information content (AvgIpc) is 2.71. The number of methoxy groups -OCH3 is 1. The highest BCUT2D eigenvalue weighted by molar-refractivity contribution is 5.71. The third-order valence-electron chi connectivity index (χ3n) is 3.86. The summed E-state index contributed by atoms with van der Waals surface area (Å²) >= 11 is 0. The molecule has 1 aliphatic heterocycles. The highest BCUT2D eigenvalue weighted by atomic mass is 16.5. The third kappa shape index (κ3) is 1.79. The van der Waals surface area contributed by atoms with E-state index >= 15 is 0 Å². The first-order chi connectivity index (χ1) is 8.33. The number of fused-ring (bicyclic) bond motifs is 1. The number of hydrogen-bond donors (Lipinski definition) is 2. The summed E-state index contributed by atoms with van der Waals surface area (Å²) in [6.07, 6.45) is 7.78. The standard InChI is InChI=1S/C12H18N4O/c1-17-11-9-10(14-8-15-11)16-12(6-7-13-9)4-2-3-5-12/h8,13H,2-7H2,1H3,(H,14,15,16). The Morgan fingerprint density at radius 3 is 2.82 bits per heavy atom. The van der Waals surface area contributed by atoms with E-state index in [0.717, 1.165) is 24.5 Å². The highest BCUT2D eigenvalue weighted by Gasteiger charge is 2.36. The summed E-state index contributed by atoms with van der Waals surface area (Å²) in [5, 5.41) is 7.00. The molecule has 1 fully saturated rings. The molecule has 0 atom stereocenters. The Balaban J connectivity index is 1.97. The summed E-state index contributed by atoms with van der Waals surface area (Å²) < 4.78 is 5.27. The minimum absolute atomic E-state index is 0.234. The molecule has 1 aromatic rings. The first-order valence-electron chi connectivity index (χ1n) is 6.24. The van der Waals surface area contributed by atoms with E-state index in [0.29, 0.717) is 5.88 Å². The molecule has 92 valence electrons. The average molecular weight is 234 g/mol. The van der Waals surface area contributed by atoms with Crippen molar-refractivity contribution in [2.45, 2.75) is 37.6 Å². The Kier molecular flexibility index (Phi) is 2.53. The SMILES string of the molecule is COc1ncnc2c1NCCC1(CCCC1)N2. The van der Waals surface area contributed by atoms with Crippen molar-refractivity contribution < 1.29 is 4.74 Å². The minimum atomic E-state index is 0.234. The number of aromatic nitrogens is 2. The van der Waals surface area contributed by atoms with Gasteiger partial charge in [-0.15, -0.1) is 0 Å². The normalized spacial score (nSPS) is 21.2. The molecule has 5 heteroatoms. The van der Waals surface area contributed by atoms with Crippen molar-refractivity contribution in [1.82, 2.24) is 9.97 Å². The summed E-state index contributed by atoms with van der Waals surface area (Å²) in [5.41, 5.74) is 1.14. The number of anilines is 2. The molecular weight excluding hydrogens is 216 g/mol. The number of ether oxygens (including phenoxy) is 1. The molecule has 0 amide bonds. The fraction of sp³-hybridized carbons (Fsp3) is 0.667. The van der Waals surface area contributed by atoms with E-state index in [1.807, 2.05) is 0 Å². The van der Waals surface area contributed by atoms with Crippen molar-refractivity contribution in [3.8, 4) is 5.88 Å². The second-order valence-electron chi connectivity index (χ2n) is 4.90. The number of nitrogens with zero attached hydrogens (tertiary/aromatic N) is 2. The lowest BCUT2D eigenvalue weighted by Gasteiger charge is -2.28. The van der Waals surface area contributed by atoms with Crippen LogP contribution in [0.25, 0.3) is 0 Å². The van der Waals surface area contributed by atoms with E-state index in [4.69, 9.17) is 4.74 Å². The quantitative estimate of drug-likeness (QED) is 0.778. The van der Waals surface area contributed by atoms with Gasteiger partial charge in [0.1, 0.15) is 12.0 Å².